The number of nitrogens with one attached hydrogen (secondary N) is 1. The van der Waals surface area contributed by atoms with Gasteiger partial charge in [-0.05, 0) is 31.0 Å². The first-order valence-electron chi connectivity index (χ1n) is 8.34. The van der Waals surface area contributed by atoms with Gasteiger partial charge in [0, 0.05) is 18.7 Å². The zero-order valence-electron chi connectivity index (χ0n) is 15.2. The molecule has 1 aromatic heterocycles. The second-order valence-corrected chi connectivity index (χ2v) is 6.70. The monoisotopic (exact) mass is 379 g/mol. The number of nitrogens with zero attached hydrogens (tertiary/aromatic N) is 2. The van der Waals surface area contributed by atoms with Gasteiger partial charge in [0.2, 0.25) is 5.06 Å². The molecule has 0 bridgehead atoms. The Morgan fingerprint density at radius 1 is 1.38 bits per heavy atom. The van der Waals surface area contributed by atoms with Crippen molar-refractivity contribution in [3.63, 3.8) is 0 Å². The van der Waals surface area contributed by atoms with Crippen LogP contribution in [0.15, 0.2) is 24.4 Å². The van der Waals surface area contributed by atoms with Crippen LogP contribution >= 0.6 is 11.3 Å². The average Bonchev–Trinajstić information content (AvgIpc) is 3.05. The first-order valence-corrected chi connectivity index (χ1v) is 9.16. The number of methoxy groups -OCH3 is 1. The van der Waals surface area contributed by atoms with Crippen molar-refractivity contribution in [1.29, 1.82) is 0 Å². The van der Waals surface area contributed by atoms with Gasteiger partial charge in [0.05, 0.1) is 18.5 Å². The lowest BCUT2D eigenvalue weighted by atomic mass is 10.1. The number of carbonyl (C=O) groups is 1. The van der Waals surface area contributed by atoms with E-state index in [9.17, 15) is 4.79 Å². The maximum Gasteiger partial charge on any atom is 0.336 e. The Kier molecular flexibility index (Phi) is 7.19. The van der Waals surface area contributed by atoms with E-state index in [4.69, 9.17) is 21.1 Å². The smallest absolute Gasteiger partial charge is 0.336 e. The lowest BCUT2D eigenvalue weighted by Crippen LogP contribution is -2.48. The van der Waals surface area contributed by atoms with Crippen molar-refractivity contribution in [3.8, 4) is 10.8 Å². The van der Waals surface area contributed by atoms with Crippen molar-refractivity contribution in [2.75, 3.05) is 17.9 Å². The highest BCUT2D eigenvalue weighted by molar-refractivity contribution is 7.17. The molecule has 26 heavy (non-hydrogen) atoms. The molecule has 0 aliphatic carbocycles. The van der Waals surface area contributed by atoms with Crippen molar-refractivity contribution in [2.45, 2.75) is 39.3 Å². The molecular weight excluding hydrogens is 354 g/mol. The molecule has 0 aliphatic heterocycles. The van der Waals surface area contributed by atoms with Crippen LogP contribution in [0.1, 0.15) is 32.3 Å². The first-order chi connectivity index (χ1) is 12.5. The molecule has 8 nitrogen and oxygen atoms in total. The van der Waals surface area contributed by atoms with Crippen LogP contribution < -0.4 is 26.6 Å². The van der Waals surface area contributed by atoms with E-state index in [0.29, 0.717) is 28.2 Å². The van der Waals surface area contributed by atoms with Crippen molar-refractivity contribution >= 4 is 28.2 Å². The Hall–Kier alpha value is -2.36. The zero-order valence-corrected chi connectivity index (χ0v) is 16.0. The fraction of sp³-hybridized carbons (Fsp3) is 0.412. The fourth-order valence-corrected chi connectivity index (χ4v) is 2.91. The van der Waals surface area contributed by atoms with Crippen LogP contribution in [0.2, 0.25) is 0 Å². The summed E-state index contributed by atoms with van der Waals surface area (Å²) in [7, 11) is 1.58. The summed E-state index contributed by atoms with van der Waals surface area (Å²) in [6, 6.07) is 4.95. The van der Waals surface area contributed by atoms with Gasteiger partial charge >= 0.3 is 6.03 Å². The average molecular weight is 379 g/mol. The van der Waals surface area contributed by atoms with Crippen molar-refractivity contribution in [3.05, 3.63) is 30.0 Å². The van der Waals surface area contributed by atoms with E-state index in [0.717, 1.165) is 23.4 Å². The van der Waals surface area contributed by atoms with Gasteiger partial charge < -0.3 is 20.5 Å². The predicted molar refractivity (Wildman–Crippen MR) is 103 cm³/mol. The maximum atomic E-state index is 12.3. The van der Waals surface area contributed by atoms with E-state index in [1.807, 2.05) is 13.8 Å². The van der Waals surface area contributed by atoms with E-state index >= 15 is 0 Å². The second kappa shape index (κ2) is 9.37. The minimum atomic E-state index is -0.356. The minimum Gasteiger partial charge on any atom is -0.445 e. The van der Waals surface area contributed by atoms with Crippen molar-refractivity contribution < 1.29 is 14.3 Å². The number of nitrogen functional groups attached to an aromatic ring is 1. The molecule has 2 amide bonds. The highest BCUT2D eigenvalue weighted by Crippen LogP contribution is 2.33. The third kappa shape index (κ3) is 5.07. The number of benzene rings is 1. The SMILES string of the molecule is CCC(CC)NC(=O)N(N)c1ccc(Oc2cnc(N)s2)c(COC)c1. The normalized spacial score (nSPS) is 10.8. The molecule has 0 spiro atoms. The largest absolute Gasteiger partial charge is 0.445 e. The number of amides is 2. The van der Waals surface area contributed by atoms with Crippen LogP contribution in [0.25, 0.3) is 0 Å². The summed E-state index contributed by atoms with van der Waals surface area (Å²) >= 11 is 1.24. The third-order valence-corrected chi connectivity index (χ3v) is 4.57. The van der Waals surface area contributed by atoms with Gasteiger partial charge in [0.1, 0.15) is 5.75 Å². The summed E-state index contributed by atoms with van der Waals surface area (Å²) in [6.07, 6.45) is 3.24. The number of nitrogens with two attached hydrogens (primary N) is 2. The number of hydrogen-bond acceptors (Lipinski definition) is 7. The molecule has 0 atom stereocenters. The maximum absolute atomic E-state index is 12.3. The molecular formula is C17H25N5O3S. The number of rotatable bonds is 8. The zero-order chi connectivity index (χ0) is 19.1. The molecule has 2 aromatic rings. The van der Waals surface area contributed by atoms with Gasteiger partial charge in [-0.1, -0.05) is 25.2 Å². The third-order valence-electron chi connectivity index (χ3n) is 3.87. The van der Waals surface area contributed by atoms with Gasteiger partial charge in [-0.25, -0.2) is 20.6 Å². The fourth-order valence-electron chi connectivity index (χ4n) is 2.37. The molecule has 5 N–H and O–H groups in total. The van der Waals surface area contributed by atoms with Crippen LogP contribution in [-0.4, -0.2) is 24.2 Å². The predicted octanol–water partition coefficient (Wildman–Crippen LogP) is 3.24. The molecule has 1 aromatic carbocycles. The summed E-state index contributed by atoms with van der Waals surface area (Å²) in [5.74, 6) is 6.57. The van der Waals surface area contributed by atoms with E-state index in [2.05, 4.69) is 10.3 Å². The minimum absolute atomic E-state index is 0.0892. The highest BCUT2D eigenvalue weighted by Gasteiger charge is 2.17. The summed E-state index contributed by atoms with van der Waals surface area (Å²) in [5.41, 5.74) is 6.91. The lowest BCUT2D eigenvalue weighted by molar-refractivity contribution is 0.182. The number of anilines is 2. The van der Waals surface area contributed by atoms with Crippen LogP contribution in [-0.2, 0) is 11.3 Å². The van der Waals surface area contributed by atoms with Crippen molar-refractivity contribution in [1.82, 2.24) is 10.3 Å². The Morgan fingerprint density at radius 3 is 2.69 bits per heavy atom. The first kappa shape index (κ1) is 20.0. The Balaban J connectivity index is 2.19. The van der Waals surface area contributed by atoms with Gasteiger partial charge in [-0.3, -0.25) is 0 Å². The Bertz CT molecular complexity index is 733. The number of carbonyl (C=O) groups excluding carboxylic acids is 1. The molecule has 0 saturated heterocycles. The molecule has 2 rings (SSSR count). The Morgan fingerprint density at radius 2 is 2.12 bits per heavy atom. The number of thiazole rings is 1. The summed E-state index contributed by atoms with van der Waals surface area (Å²) < 4.78 is 11.0. The lowest BCUT2D eigenvalue weighted by Gasteiger charge is -2.22. The topological polar surface area (TPSA) is 116 Å². The van der Waals surface area contributed by atoms with Crippen LogP contribution in [0.4, 0.5) is 15.6 Å². The van der Waals surface area contributed by atoms with Crippen molar-refractivity contribution in [2.24, 2.45) is 5.84 Å². The second-order valence-electron chi connectivity index (χ2n) is 5.68. The van der Waals surface area contributed by atoms with Crippen LogP contribution in [0, 0.1) is 0 Å². The van der Waals surface area contributed by atoms with Gasteiger partial charge in [0.25, 0.3) is 0 Å². The van der Waals surface area contributed by atoms with E-state index < -0.39 is 0 Å². The number of hydrogen-bond donors (Lipinski definition) is 3. The Labute approximate surface area is 157 Å². The number of aromatic nitrogens is 1. The van der Waals surface area contributed by atoms with Gasteiger partial charge in [-0.15, -0.1) is 0 Å². The van der Waals surface area contributed by atoms with Crippen LogP contribution in [0.5, 0.6) is 10.8 Å². The standard InChI is InChI=1S/C17H25N5O3S/c1-4-12(5-2)21-17(23)22(19)13-6-7-14(11(8-13)10-24-3)25-15-9-20-16(18)26-15/h6-9,12H,4-5,10,19H2,1-3H3,(H2,18,20)(H,21,23). The molecule has 0 aliphatic rings. The number of hydrazine groups is 1. The van der Waals surface area contributed by atoms with Gasteiger partial charge in [0.15, 0.2) is 5.13 Å². The van der Waals surface area contributed by atoms with Crippen LogP contribution in [0.3, 0.4) is 0 Å². The summed E-state index contributed by atoms with van der Waals surface area (Å²) in [4.78, 5) is 16.3. The van der Waals surface area contributed by atoms with E-state index in [1.165, 1.54) is 11.3 Å². The quantitative estimate of drug-likeness (QED) is 0.368. The highest BCUT2D eigenvalue weighted by atomic mass is 32.1. The molecule has 142 valence electrons. The number of ether oxygens (including phenoxy) is 2. The molecule has 0 fully saturated rings. The number of urea groups is 1. The van der Waals surface area contributed by atoms with E-state index in [-0.39, 0.29) is 12.1 Å². The summed E-state index contributed by atoms with van der Waals surface area (Å²) in [5, 5.41) is 4.99. The molecule has 1 heterocycles. The molecule has 0 radical (unpaired) electrons. The molecule has 0 unspecified atom stereocenters. The molecule has 0 saturated carbocycles. The van der Waals surface area contributed by atoms with E-state index in [1.54, 1.807) is 31.5 Å². The summed E-state index contributed by atoms with van der Waals surface area (Å²) in [6.45, 7) is 4.34. The molecule has 9 heteroatoms. The van der Waals surface area contributed by atoms with Gasteiger partial charge in [-0.2, -0.15) is 0 Å².